The number of aromatic nitrogens is 2. The summed E-state index contributed by atoms with van der Waals surface area (Å²) in [5.41, 5.74) is 7.25. The number of rotatable bonds is 2. The normalized spacial score (nSPS) is 19.6. The van der Waals surface area contributed by atoms with Crippen LogP contribution in [0, 0.1) is 10.8 Å². The Kier molecular flexibility index (Phi) is 4.01. The summed E-state index contributed by atoms with van der Waals surface area (Å²) >= 11 is 0. The first kappa shape index (κ1) is 19.9. The molecule has 35 heavy (non-hydrogen) atoms. The molecule has 6 aromatic rings. The van der Waals surface area contributed by atoms with Crippen LogP contribution >= 0.6 is 0 Å². The van der Waals surface area contributed by atoms with Crippen LogP contribution in [0.15, 0.2) is 79.0 Å². The maximum Gasteiger partial charge on any atom is 0.0723 e. The van der Waals surface area contributed by atoms with Crippen LogP contribution in [0.4, 0.5) is 0 Å². The number of nitrogens with zero attached hydrogens (tertiary/aromatic N) is 2. The Bertz CT molecular complexity index is 1760. The molecule has 0 atom stereocenters. The minimum absolute atomic E-state index is 0.158. The summed E-state index contributed by atoms with van der Waals surface area (Å²) < 4.78 is 12.1. The van der Waals surface area contributed by atoms with E-state index in [4.69, 9.17) is 4.98 Å². The summed E-state index contributed by atoms with van der Waals surface area (Å²) in [7, 11) is 0. The third-order valence-corrected chi connectivity index (χ3v) is 8.02. The predicted molar refractivity (Wildman–Crippen MR) is 148 cm³/mol. The summed E-state index contributed by atoms with van der Waals surface area (Å²) in [6.45, 7) is 9.34. The second-order valence-electron chi connectivity index (χ2n) is 12.2. The molecule has 1 saturated carbocycles. The smallest absolute Gasteiger partial charge is 0.0723 e. The Morgan fingerprint density at radius 1 is 0.771 bits per heavy atom. The van der Waals surface area contributed by atoms with Crippen molar-refractivity contribution < 1.29 is 1.37 Å². The molecule has 0 aliphatic heterocycles. The van der Waals surface area contributed by atoms with E-state index < -0.39 is 5.89 Å². The molecule has 0 N–H and O–H groups in total. The molecular formula is C33H32N2. The SMILES string of the molecule is [2H]C1(c2ccc3c(c2)c2cccc4c5cnc(-c6ccccc6)cc5n3c24)CC(C)(C)CC(C)(C)C1. The van der Waals surface area contributed by atoms with Gasteiger partial charge in [0.05, 0.1) is 22.2 Å². The van der Waals surface area contributed by atoms with E-state index in [9.17, 15) is 1.37 Å². The standard InChI is InChI=1S/C33H32N2/c1-32(2)17-23(18-33(3,4)20-32)22-13-14-29-26(15-22)24-11-8-12-25-27-19-34-28(21-9-6-5-7-10-21)16-30(27)35(29)31(24)25/h5-16,19,23H,17-18,20H2,1-4H3/i23D. The zero-order valence-electron chi connectivity index (χ0n) is 22.0. The van der Waals surface area contributed by atoms with E-state index in [1.54, 1.807) is 0 Å². The van der Waals surface area contributed by atoms with Crippen LogP contribution in [0.5, 0.6) is 0 Å². The highest BCUT2D eigenvalue weighted by Crippen LogP contribution is 2.52. The maximum atomic E-state index is 9.64. The molecule has 0 amide bonds. The Balaban J connectivity index is 1.49. The van der Waals surface area contributed by atoms with Crippen molar-refractivity contribution in [3.05, 3.63) is 84.6 Å². The number of para-hydroxylation sites is 1. The molecule has 2 heteroatoms. The molecular weight excluding hydrogens is 424 g/mol. The average molecular weight is 458 g/mol. The van der Waals surface area contributed by atoms with Crippen LogP contribution in [-0.2, 0) is 0 Å². The second kappa shape index (κ2) is 7.07. The van der Waals surface area contributed by atoms with Gasteiger partial charge in [0.25, 0.3) is 0 Å². The van der Waals surface area contributed by atoms with Crippen LogP contribution in [-0.4, -0.2) is 9.38 Å². The molecule has 7 rings (SSSR count). The van der Waals surface area contributed by atoms with E-state index in [1.807, 2.05) is 12.3 Å². The van der Waals surface area contributed by atoms with E-state index in [0.29, 0.717) is 0 Å². The summed E-state index contributed by atoms with van der Waals surface area (Å²) in [4.78, 5) is 4.82. The van der Waals surface area contributed by atoms with Crippen LogP contribution in [0.25, 0.3) is 49.4 Å². The van der Waals surface area contributed by atoms with E-state index in [2.05, 4.69) is 98.8 Å². The zero-order valence-corrected chi connectivity index (χ0v) is 21.0. The van der Waals surface area contributed by atoms with Crippen molar-refractivity contribution in [2.45, 2.75) is 52.9 Å². The lowest BCUT2D eigenvalue weighted by Crippen LogP contribution is -2.32. The third kappa shape index (κ3) is 3.19. The predicted octanol–water partition coefficient (Wildman–Crippen LogP) is 9.22. The van der Waals surface area contributed by atoms with Crippen molar-refractivity contribution in [1.82, 2.24) is 9.38 Å². The fourth-order valence-corrected chi connectivity index (χ4v) is 7.20. The highest BCUT2D eigenvalue weighted by Gasteiger charge is 2.39. The molecule has 3 aromatic carbocycles. The maximum absolute atomic E-state index is 9.64. The van der Waals surface area contributed by atoms with Crippen LogP contribution in [0.1, 0.15) is 59.8 Å². The zero-order chi connectivity index (χ0) is 24.9. The number of hydrogen-bond donors (Lipinski definition) is 0. The first-order valence-corrected chi connectivity index (χ1v) is 12.8. The van der Waals surface area contributed by atoms with E-state index in [1.165, 1.54) is 44.5 Å². The number of fused-ring (bicyclic) bond motifs is 6. The van der Waals surface area contributed by atoms with Crippen LogP contribution in [0.3, 0.4) is 0 Å². The fourth-order valence-electron chi connectivity index (χ4n) is 7.20. The molecule has 0 radical (unpaired) electrons. The summed E-state index contributed by atoms with van der Waals surface area (Å²) in [6, 6.07) is 26.1. The molecule has 0 bridgehead atoms. The van der Waals surface area contributed by atoms with Gasteiger partial charge in [-0.1, -0.05) is 82.3 Å². The van der Waals surface area contributed by atoms with Gasteiger partial charge in [0.2, 0.25) is 0 Å². The van der Waals surface area contributed by atoms with Crippen molar-refractivity contribution in [3.63, 3.8) is 0 Å². The minimum Gasteiger partial charge on any atom is -0.308 e. The van der Waals surface area contributed by atoms with E-state index in [0.717, 1.165) is 29.7 Å². The summed E-state index contributed by atoms with van der Waals surface area (Å²) in [6.07, 6.45) is 4.99. The quantitative estimate of drug-likeness (QED) is 0.253. The lowest BCUT2D eigenvalue weighted by atomic mass is 9.60. The lowest BCUT2D eigenvalue weighted by Gasteiger charge is -2.45. The van der Waals surface area contributed by atoms with Gasteiger partial charge in [0, 0.05) is 34.7 Å². The van der Waals surface area contributed by atoms with E-state index >= 15 is 0 Å². The largest absolute Gasteiger partial charge is 0.308 e. The van der Waals surface area contributed by atoms with Crippen molar-refractivity contribution >= 4 is 38.1 Å². The fraction of sp³-hybridized carbons (Fsp3) is 0.303. The topological polar surface area (TPSA) is 17.3 Å². The molecule has 1 aliphatic carbocycles. The Morgan fingerprint density at radius 3 is 2.23 bits per heavy atom. The van der Waals surface area contributed by atoms with Crippen LogP contribution < -0.4 is 0 Å². The van der Waals surface area contributed by atoms with Gasteiger partial charge in [-0.15, -0.1) is 0 Å². The van der Waals surface area contributed by atoms with Gasteiger partial charge in [-0.3, -0.25) is 4.98 Å². The van der Waals surface area contributed by atoms with Gasteiger partial charge in [0.15, 0.2) is 0 Å². The molecule has 1 fully saturated rings. The van der Waals surface area contributed by atoms with Crippen molar-refractivity contribution in [1.29, 1.82) is 0 Å². The van der Waals surface area contributed by atoms with Gasteiger partial charge in [0.1, 0.15) is 0 Å². The van der Waals surface area contributed by atoms with Crippen molar-refractivity contribution in [2.24, 2.45) is 10.8 Å². The molecule has 174 valence electrons. The monoisotopic (exact) mass is 457 g/mol. The van der Waals surface area contributed by atoms with Gasteiger partial charge in [-0.05, 0) is 59.7 Å². The molecule has 2 nitrogen and oxygen atoms in total. The Morgan fingerprint density at radius 2 is 1.49 bits per heavy atom. The first-order chi connectivity index (χ1) is 17.1. The van der Waals surface area contributed by atoms with Gasteiger partial charge in [-0.25, -0.2) is 0 Å². The summed E-state index contributed by atoms with van der Waals surface area (Å²) in [5.74, 6) is -0.572. The molecule has 0 unspecified atom stereocenters. The number of hydrogen-bond acceptors (Lipinski definition) is 1. The van der Waals surface area contributed by atoms with Crippen LogP contribution in [0.2, 0.25) is 0 Å². The minimum atomic E-state index is -0.572. The highest BCUT2D eigenvalue weighted by atomic mass is 14.9. The summed E-state index contributed by atoms with van der Waals surface area (Å²) in [5, 5.41) is 4.95. The molecule has 0 spiro atoms. The molecule has 0 saturated heterocycles. The highest BCUT2D eigenvalue weighted by molar-refractivity contribution is 6.23. The van der Waals surface area contributed by atoms with Gasteiger partial charge >= 0.3 is 0 Å². The average Bonchev–Trinajstić information content (AvgIpc) is 3.33. The molecule has 3 aromatic heterocycles. The van der Waals surface area contributed by atoms with Gasteiger partial charge in [-0.2, -0.15) is 0 Å². The Labute approximate surface area is 208 Å². The first-order valence-electron chi connectivity index (χ1n) is 13.3. The van der Waals surface area contributed by atoms with Gasteiger partial charge < -0.3 is 4.40 Å². The molecule has 3 heterocycles. The third-order valence-electron chi connectivity index (χ3n) is 8.02. The Hall–Kier alpha value is -3.39. The van der Waals surface area contributed by atoms with Crippen molar-refractivity contribution in [2.75, 3.05) is 0 Å². The second-order valence-corrected chi connectivity index (χ2v) is 12.2. The van der Waals surface area contributed by atoms with E-state index in [-0.39, 0.29) is 10.8 Å². The number of pyridine rings is 1. The van der Waals surface area contributed by atoms with Crippen molar-refractivity contribution in [3.8, 4) is 11.3 Å². The lowest BCUT2D eigenvalue weighted by molar-refractivity contribution is 0.0969. The molecule has 1 aliphatic rings. The number of benzene rings is 3.